The third kappa shape index (κ3) is 5.18. The van der Waals surface area contributed by atoms with Crippen molar-refractivity contribution in [2.24, 2.45) is 0 Å². The Hall–Kier alpha value is -2.98. The lowest BCUT2D eigenvalue weighted by Gasteiger charge is -2.38. The Morgan fingerprint density at radius 1 is 1.11 bits per heavy atom. The van der Waals surface area contributed by atoms with Gasteiger partial charge in [-0.2, -0.15) is 0 Å². The number of hydrogen-bond donors (Lipinski definition) is 1. The van der Waals surface area contributed by atoms with Crippen molar-refractivity contribution in [3.8, 4) is 17.7 Å². The van der Waals surface area contributed by atoms with Crippen molar-refractivity contribution in [2.75, 3.05) is 27.7 Å². The molecule has 4 rings (SSSR count). The number of benzene rings is 2. The molecule has 2 aromatic heterocycles. The first kappa shape index (κ1) is 25.1. The lowest BCUT2D eigenvalue weighted by atomic mass is 9.72. The molecule has 6 heteroatoms. The number of aliphatic hydroxyl groups is 1. The predicted octanol–water partition coefficient (Wildman–Crippen LogP) is 5.89. The number of pyridine rings is 2. The van der Waals surface area contributed by atoms with Gasteiger partial charge in [0.1, 0.15) is 0 Å². The first-order chi connectivity index (χ1) is 16.9. The summed E-state index contributed by atoms with van der Waals surface area (Å²) < 4.78 is 6.75. The van der Waals surface area contributed by atoms with Crippen LogP contribution < -0.4 is 4.74 Å². The monoisotopic (exact) mass is 531 g/mol. The van der Waals surface area contributed by atoms with Gasteiger partial charge in [-0.25, -0.2) is 4.98 Å². The lowest BCUT2D eigenvalue weighted by Crippen LogP contribution is -2.37. The molecule has 1 N–H and O–H groups in total. The molecule has 0 saturated carbocycles. The smallest absolute Gasteiger partial charge is 0.217 e. The van der Waals surface area contributed by atoms with Crippen molar-refractivity contribution in [2.45, 2.75) is 31.3 Å². The molecular formula is C29H30BrN3O2. The number of halogens is 1. The summed E-state index contributed by atoms with van der Waals surface area (Å²) in [4.78, 5) is 11.4. The Kier molecular flexibility index (Phi) is 7.71. The van der Waals surface area contributed by atoms with Gasteiger partial charge in [-0.05, 0) is 69.4 Å². The van der Waals surface area contributed by atoms with Crippen LogP contribution in [0.4, 0.5) is 0 Å². The highest BCUT2D eigenvalue weighted by molar-refractivity contribution is 9.10. The molecule has 180 valence electrons. The molecule has 2 unspecified atom stereocenters. The molecule has 2 atom stereocenters. The van der Waals surface area contributed by atoms with E-state index in [-0.39, 0.29) is 5.92 Å². The average molecular weight is 532 g/mol. The standard InChI is InChI=1S/C29H30BrN3O2/c1-5-6-10-25(23-19-20-18-21(30)13-14-26(20)32-28(23)35-4)29(34,15-17-33(2)3)24-11-7-12-27-22(24)9-8-16-31-27/h7-9,11-14,16,18-19,25,34H,10,15,17H2,1-4H3. The van der Waals surface area contributed by atoms with Gasteiger partial charge in [0, 0.05) is 45.9 Å². The van der Waals surface area contributed by atoms with E-state index >= 15 is 0 Å². The Balaban J connectivity index is 2.00. The molecule has 0 spiro atoms. The first-order valence-corrected chi connectivity index (χ1v) is 12.4. The highest BCUT2D eigenvalue weighted by Crippen LogP contribution is 2.47. The predicted molar refractivity (Wildman–Crippen MR) is 146 cm³/mol. The second-order valence-electron chi connectivity index (χ2n) is 8.96. The second-order valence-corrected chi connectivity index (χ2v) is 9.88. The average Bonchev–Trinajstić information content (AvgIpc) is 2.86. The molecule has 0 saturated heterocycles. The van der Waals surface area contributed by atoms with Crippen LogP contribution in [-0.4, -0.2) is 47.7 Å². The van der Waals surface area contributed by atoms with Crippen LogP contribution in [0.15, 0.2) is 65.3 Å². The fourth-order valence-electron chi connectivity index (χ4n) is 4.67. The van der Waals surface area contributed by atoms with E-state index in [1.165, 1.54) is 0 Å². The zero-order valence-electron chi connectivity index (χ0n) is 20.5. The quantitative estimate of drug-likeness (QED) is 0.287. The van der Waals surface area contributed by atoms with Crippen LogP contribution in [0.2, 0.25) is 0 Å². The number of methoxy groups -OCH3 is 1. The summed E-state index contributed by atoms with van der Waals surface area (Å²) in [6.45, 7) is 2.52. The zero-order chi connectivity index (χ0) is 25.0. The largest absolute Gasteiger partial charge is 0.481 e. The third-order valence-electron chi connectivity index (χ3n) is 6.45. The molecule has 5 nitrogen and oxygen atoms in total. The minimum Gasteiger partial charge on any atom is -0.481 e. The number of hydrogen-bond acceptors (Lipinski definition) is 5. The van der Waals surface area contributed by atoms with Crippen LogP contribution in [0.1, 0.15) is 36.8 Å². The van der Waals surface area contributed by atoms with Gasteiger partial charge in [0.05, 0.1) is 23.7 Å². The fraction of sp³-hybridized carbons (Fsp3) is 0.310. The van der Waals surface area contributed by atoms with Gasteiger partial charge in [0.15, 0.2) is 0 Å². The molecule has 2 heterocycles. The van der Waals surface area contributed by atoms with Crippen molar-refractivity contribution < 1.29 is 9.84 Å². The Bertz CT molecular complexity index is 1400. The number of aromatic nitrogens is 2. The Morgan fingerprint density at radius 2 is 1.94 bits per heavy atom. The molecule has 35 heavy (non-hydrogen) atoms. The van der Waals surface area contributed by atoms with Crippen LogP contribution in [0.3, 0.4) is 0 Å². The van der Waals surface area contributed by atoms with Gasteiger partial charge in [-0.1, -0.05) is 34.1 Å². The van der Waals surface area contributed by atoms with Crippen molar-refractivity contribution >= 4 is 37.7 Å². The minimum absolute atomic E-state index is 0.383. The van der Waals surface area contributed by atoms with Crippen LogP contribution in [0.5, 0.6) is 5.88 Å². The lowest BCUT2D eigenvalue weighted by molar-refractivity contribution is -0.00522. The molecule has 2 aromatic carbocycles. The summed E-state index contributed by atoms with van der Waals surface area (Å²) in [5.41, 5.74) is 2.11. The van der Waals surface area contributed by atoms with E-state index in [2.05, 4.69) is 43.7 Å². The summed E-state index contributed by atoms with van der Waals surface area (Å²) in [5, 5.41) is 14.6. The van der Waals surface area contributed by atoms with E-state index in [1.807, 2.05) is 69.6 Å². The highest BCUT2D eigenvalue weighted by atomic mass is 79.9. The second kappa shape index (κ2) is 10.7. The number of ether oxygens (including phenoxy) is 1. The van der Waals surface area contributed by atoms with E-state index in [9.17, 15) is 5.11 Å². The zero-order valence-corrected chi connectivity index (χ0v) is 22.1. The number of rotatable bonds is 8. The SMILES string of the molecule is CC#CCC(c1cc2cc(Br)ccc2nc1OC)C(O)(CCN(C)C)c1cccc2ncccc12. The Morgan fingerprint density at radius 3 is 2.69 bits per heavy atom. The molecule has 0 aliphatic rings. The van der Waals surface area contributed by atoms with Gasteiger partial charge < -0.3 is 14.7 Å². The minimum atomic E-state index is -1.24. The number of nitrogens with zero attached hydrogens (tertiary/aromatic N) is 3. The molecule has 0 aliphatic carbocycles. The fourth-order valence-corrected chi connectivity index (χ4v) is 5.05. The molecule has 0 radical (unpaired) electrons. The van der Waals surface area contributed by atoms with Gasteiger partial charge >= 0.3 is 0 Å². The van der Waals surface area contributed by atoms with Crippen molar-refractivity contribution in [3.05, 3.63) is 76.4 Å². The molecule has 4 aromatic rings. The van der Waals surface area contributed by atoms with Crippen molar-refractivity contribution in [1.82, 2.24) is 14.9 Å². The van der Waals surface area contributed by atoms with Gasteiger partial charge in [-0.15, -0.1) is 11.8 Å². The van der Waals surface area contributed by atoms with Gasteiger partial charge in [-0.3, -0.25) is 4.98 Å². The van der Waals surface area contributed by atoms with E-state index in [4.69, 9.17) is 9.72 Å². The summed E-state index contributed by atoms with van der Waals surface area (Å²) in [6, 6.07) is 17.9. The van der Waals surface area contributed by atoms with Gasteiger partial charge in [0.25, 0.3) is 0 Å². The van der Waals surface area contributed by atoms with Crippen LogP contribution in [-0.2, 0) is 5.60 Å². The van der Waals surface area contributed by atoms with Crippen LogP contribution in [0.25, 0.3) is 21.8 Å². The van der Waals surface area contributed by atoms with E-state index in [0.717, 1.165) is 37.4 Å². The normalized spacial score (nSPS) is 13.9. The summed E-state index contributed by atoms with van der Waals surface area (Å²) in [5.74, 6) is 6.38. The van der Waals surface area contributed by atoms with E-state index < -0.39 is 5.60 Å². The van der Waals surface area contributed by atoms with E-state index in [1.54, 1.807) is 13.3 Å². The van der Waals surface area contributed by atoms with Crippen LogP contribution in [0, 0.1) is 11.8 Å². The maximum atomic E-state index is 12.7. The third-order valence-corrected chi connectivity index (χ3v) is 6.94. The van der Waals surface area contributed by atoms with Gasteiger partial charge in [0.2, 0.25) is 5.88 Å². The topological polar surface area (TPSA) is 58.5 Å². The first-order valence-electron chi connectivity index (χ1n) is 11.6. The summed E-state index contributed by atoms with van der Waals surface area (Å²) in [7, 11) is 5.66. The summed E-state index contributed by atoms with van der Waals surface area (Å²) >= 11 is 3.57. The molecular weight excluding hydrogens is 502 g/mol. The maximum Gasteiger partial charge on any atom is 0.217 e. The van der Waals surface area contributed by atoms with Crippen LogP contribution >= 0.6 is 15.9 Å². The molecule has 0 amide bonds. The molecule has 0 bridgehead atoms. The maximum absolute atomic E-state index is 12.7. The summed E-state index contributed by atoms with van der Waals surface area (Å²) in [6.07, 6.45) is 2.73. The highest BCUT2D eigenvalue weighted by Gasteiger charge is 2.42. The molecule has 0 fully saturated rings. The van der Waals surface area contributed by atoms with E-state index in [0.29, 0.717) is 25.3 Å². The molecule has 0 aliphatic heterocycles. The van der Waals surface area contributed by atoms with Crippen molar-refractivity contribution in [1.29, 1.82) is 0 Å². The van der Waals surface area contributed by atoms with Crippen molar-refractivity contribution in [3.63, 3.8) is 0 Å². The number of fused-ring (bicyclic) bond motifs is 2. The Labute approximate surface area is 215 Å².